The van der Waals surface area contributed by atoms with Gasteiger partial charge >= 0.3 is 12.1 Å². The summed E-state index contributed by atoms with van der Waals surface area (Å²) in [5, 5.41) is 9.09. The van der Waals surface area contributed by atoms with E-state index >= 15 is 0 Å². The van der Waals surface area contributed by atoms with E-state index in [4.69, 9.17) is 25.1 Å². The number of amides is 2. The Morgan fingerprint density at radius 2 is 1.87 bits per heavy atom. The third kappa shape index (κ3) is 5.26. The Morgan fingerprint density at radius 1 is 1.20 bits per heavy atom. The molecule has 2 atom stereocenters. The van der Waals surface area contributed by atoms with E-state index in [1.165, 1.54) is 24.3 Å². The van der Waals surface area contributed by atoms with Crippen LogP contribution in [-0.4, -0.2) is 71.8 Å². The number of rotatable bonds is 10. The van der Waals surface area contributed by atoms with Gasteiger partial charge in [0, 0.05) is 12.1 Å². The van der Waals surface area contributed by atoms with Gasteiger partial charge in [0.15, 0.2) is 6.61 Å². The monoisotopic (exact) mass is 422 g/mol. The minimum absolute atomic E-state index is 0.00809. The second kappa shape index (κ2) is 10.1. The molecule has 0 aromatic heterocycles. The summed E-state index contributed by atoms with van der Waals surface area (Å²) >= 11 is 0. The van der Waals surface area contributed by atoms with Crippen LogP contribution in [0.1, 0.15) is 37.0 Å². The third-order valence-corrected chi connectivity index (χ3v) is 4.82. The first-order valence-corrected chi connectivity index (χ1v) is 9.62. The highest BCUT2D eigenvalue weighted by Crippen LogP contribution is 2.28. The van der Waals surface area contributed by atoms with E-state index in [9.17, 15) is 19.2 Å². The van der Waals surface area contributed by atoms with E-state index in [1.807, 2.05) is 0 Å². The lowest BCUT2D eigenvalue weighted by molar-refractivity contribution is -0.145. The molecule has 0 saturated carbocycles. The number of ketones is 1. The normalized spacial score (nSPS) is 17.8. The van der Waals surface area contributed by atoms with Gasteiger partial charge in [0.1, 0.15) is 5.75 Å². The third-order valence-electron chi connectivity index (χ3n) is 4.82. The number of carbonyl (C=O) groups excluding carboxylic acids is 3. The van der Waals surface area contributed by atoms with Gasteiger partial charge in [0.25, 0.3) is 5.91 Å². The van der Waals surface area contributed by atoms with Gasteiger partial charge in [-0.15, -0.1) is 0 Å². The maximum atomic E-state index is 13.1. The second-order valence-electron chi connectivity index (χ2n) is 6.75. The number of Topliss-reactive ketones (excluding diaryl/α,β-unsaturated/α-hetero) is 1. The molecule has 1 aliphatic heterocycles. The lowest BCUT2D eigenvalue weighted by atomic mass is 9.89. The number of ether oxygens (including phenoxy) is 3. The number of carboxylic acid groups (broad SMARTS) is 1. The lowest BCUT2D eigenvalue weighted by Gasteiger charge is -2.31. The number of benzene rings is 1. The molecule has 10 heteroatoms. The molecule has 0 spiro atoms. The zero-order valence-corrected chi connectivity index (χ0v) is 17.0. The molecule has 3 N–H and O–H groups in total. The number of likely N-dealkylation sites (tertiary alicyclic amines) is 1. The Bertz CT molecular complexity index is 795. The summed E-state index contributed by atoms with van der Waals surface area (Å²) in [6, 6.07) is 5.85. The molecule has 1 unspecified atom stereocenters. The molecule has 1 aromatic carbocycles. The van der Waals surface area contributed by atoms with Crippen LogP contribution in [0.15, 0.2) is 24.3 Å². The molecule has 10 nitrogen and oxygen atoms in total. The summed E-state index contributed by atoms with van der Waals surface area (Å²) in [5.74, 6) is -1.74. The molecule has 0 bridgehead atoms. The number of primary amides is 1. The van der Waals surface area contributed by atoms with Gasteiger partial charge in [0.2, 0.25) is 11.4 Å². The smallest absolute Gasteiger partial charge is 0.407 e. The summed E-state index contributed by atoms with van der Waals surface area (Å²) in [6.45, 7) is 3.56. The second-order valence-corrected chi connectivity index (χ2v) is 6.75. The zero-order valence-electron chi connectivity index (χ0n) is 17.0. The largest absolute Gasteiger partial charge is 0.482 e. The van der Waals surface area contributed by atoms with Gasteiger partial charge in [-0.25, -0.2) is 9.59 Å². The molecule has 1 saturated heterocycles. The molecular weight excluding hydrogens is 396 g/mol. The number of hydrogen-bond acceptors (Lipinski definition) is 7. The minimum Gasteiger partial charge on any atom is -0.482 e. The van der Waals surface area contributed by atoms with Crippen LogP contribution in [-0.2, 0) is 19.1 Å². The molecule has 1 heterocycles. The highest BCUT2D eigenvalue weighted by molar-refractivity contribution is 6.16. The molecule has 2 rings (SSSR count). The van der Waals surface area contributed by atoms with Crippen molar-refractivity contribution in [2.75, 3.05) is 26.3 Å². The molecular formula is C20H26N2O8. The van der Waals surface area contributed by atoms with Crippen LogP contribution in [0, 0.1) is 0 Å². The molecule has 30 heavy (non-hydrogen) atoms. The van der Waals surface area contributed by atoms with E-state index in [1.54, 1.807) is 13.8 Å². The molecule has 1 aliphatic rings. The highest BCUT2D eigenvalue weighted by Gasteiger charge is 2.47. The van der Waals surface area contributed by atoms with Crippen molar-refractivity contribution < 1.29 is 38.5 Å². The first-order valence-electron chi connectivity index (χ1n) is 9.62. The van der Waals surface area contributed by atoms with Crippen molar-refractivity contribution >= 4 is 23.8 Å². The molecule has 1 fully saturated rings. The molecule has 0 aliphatic carbocycles. The van der Waals surface area contributed by atoms with Gasteiger partial charge in [-0.1, -0.05) is 6.92 Å². The fourth-order valence-electron chi connectivity index (χ4n) is 3.20. The quantitative estimate of drug-likeness (QED) is 0.325. The van der Waals surface area contributed by atoms with Crippen LogP contribution in [0.25, 0.3) is 0 Å². The summed E-state index contributed by atoms with van der Waals surface area (Å²) in [6.07, 6.45) is -1.36. The van der Waals surface area contributed by atoms with E-state index < -0.39 is 35.5 Å². The first-order chi connectivity index (χ1) is 14.2. The van der Waals surface area contributed by atoms with Crippen molar-refractivity contribution in [3.63, 3.8) is 0 Å². The van der Waals surface area contributed by atoms with Crippen LogP contribution in [0.4, 0.5) is 4.79 Å². The zero-order chi connectivity index (χ0) is 22.3. The summed E-state index contributed by atoms with van der Waals surface area (Å²) < 4.78 is 15.9. The van der Waals surface area contributed by atoms with Gasteiger partial charge in [-0.2, -0.15) is 0 Å². The predicted octanol–water partition coefficient (Wildman–Crippen LogP) is 1.21. The van der Waals surface area contributed by atoms with E-state index in [2.05, 4.69) is 0 Å². The van der Waals surface area contributed by atoms with Gasteiger partial charge < -0.3 is 30.0 Å². The number of nitrogens with two attached hydrogens (primary N) is 1. The van der Waals surface area contributed by atoms with Crippen molar-refractivity contribution in [3.8, 4) is 5.75 Å². The van der Waals surface area contributed by atoms with Crippen LogP contribution < -0.4 is 10.5 Å². The summed E-state index contributed by atoms with van der Waals surface area (Å²) in [5.41, 5.74) is 3.80. The lowest BCUT2D eigenvalue weighted by Crippen LogP contribution is -2.54. The van der Waals surface area contributed by atoms with Crippen LogP contribution in [0.5, 0.6) is 5.75 Å². The first kappa shape index (κ1) is 23.1. The Labute approximate surface area is 173 Å². The summed E-state index contributed by atoms with van der Waals surface area (Å²) in [7, 11) is 0. The van der Waals surface area contributed by atoms with Gasteiger partial charge in [0.05, 0.1) is 19.3 Å². The minimum atomic E-state index is -1.91. The van der Waals surface area contributed by atoms with Crippen molar-refractivity contribution in [2.24, 2.45) is 5.73 Å². The van der Waals surface area contributed by atoms with Gasteiger partial charge in [-0.05, 0) is 44.0 Å². The maximum absolute atomic E-state index is 13.1. The van der Waals surface area contributed by atoms with E-state index in [-0.39, 0.29) is 38.3 Å². The standard InChI is InChI=1S/C20H26N2O8/c1-3-20(18(21)25,30-15-9-10-22(11-15)19(26)27)17(24)13-5-7-14(8-6-13)29-12-16(23)28-4-2/h5-8,15H,3-4,9-12H2,1-2H3,(H2,21,25)(H,26,27)/t15?,20-/m1/s1. The fourth-order valence-corrected chi connectivity index (χ4v) is 3.20. The van der Waals surface area contributed by atoms with E-state index in [0.717, 1.165) is 4.90 Å². The molecule has 164 valence electrons. The average molecular weight is 422 g/mol. The Balaban J connectivity index is 2.13. The van der Waals surface area contributed by atoms with Crippen molar-refractivity contribution in [3.05, 3.63) is 29.8 Å². The van der Waals surface area contributed by atoms with E-state index in [0.29, 0.717) is 12.2 Å². The molecule has 0 radical (unpaired) electrons. The maximum Gasteiger partial charge on any atom is 0.407 e. The van der Waals surface area contributed by atoms with Gasteiger partial charge in [-0.3, -0.25) is 9.59 Å². The SMILES string of the molecule is CCOC(=O)COc1ccc(C(=O)[C@@](CC)(OC2CCN(C(=O)O)C2)C(N)=O)cc1. The van der Waals surface area contributed by atoms with Crippen molar-refractivity contribution in [2.45, 2.75) is 38.4 Å². The highest BCUT2D eigenvalue weighted by atomic mass is 16.6. The van der Waals surface area contributed by atoms with Crippen molar-refractivity contribution in [1.82, 2.24) is 4.90 Å². The van der Waals surface area contributed by atoms with Crippen molar-refractivity contribution in [1.29, 1.82) is 0 Å². The van der Waals surface area contributed by atoms with Crippen LogP contribution in [0.3, 0.4) is 0 Å². The average Bonchev–Trinajstić information content (AvgIpc) is 3.19. The number of nitrogens with zero attached hydrogens (tertiary/aromatic N) is 1. The predicted molar refractivity (Wildman–Crippen MR) is 104 cm³/mol. The Hall–Kier alpha value is -3.14. The van der Waals surface area contributed by atoms with Crippen LogP contribution in [0.2, 0.25) is 0 Å². The molecule has 2 amide bonds. The number of esters is 1. The topological polar surface area (TPSA) is 145 Å². The Morgan fingerprint density at radius 3 is 2.37 bits per heavy atom. The number of hydrogen-bond donors (Lipinski definition) is 2. The molecule has 1 aromatic rings. The Kier molecular flexibility index (Phi) is 7.76. The van der Waals surface area contributed by atoms with Crippen LogP contribution >= 0.6 is 0 Å². The fraction of sp³-hybridized carbons (Fsp3) is 0.500. The summed E-state index contributed by atoms with van der Waals surface area (Å²) in [4.78, 5) is 49.0. The number of carbonyl (C=O) groups is 4.